The smallest absolute Gasteiger partial charge is 0.241 e. The van der Waals surface area contributed by atoms with E-state index < -0.39 is 11.9 Å². The highest BCUT2D eigenvalue weighted by atomic mass is 35.5. The van der Waals surface area contributed by atoms with Crippen LogP contribution in [0.5, 0.6) is 11.5 Å². The van der Waals surface area contributed by atoms with Crippen LogP contribution in [0.15, 0.2) is 36.4 Å². The van der Waals surface area contributed by atoms with Crippen LogP contribution < -0.4 is 14.8 Å². The lowest BCUT2D eigenvalue weighted by molar-refractivity contribution is -0.120. The molecular formula is C18H18ClFN2O3. The number of benzene rings is 2. The Morgan fingerprint density at radius 3 is 2.80 bits per heavy atom. The molecule has 0 radical (unpaired) electrons. The van der Waals surface area contributed by atoms with Gasteiger partial charge in [0, 0.05) is 6.54 Å². The highest BCUT2D eigenvalue weighted by Gasteiger charge is 2.20. The molecule has 3 rings (SSSR count). The zero-order chi connectivity index (χ0) is 18.0. The number of carbonyl (C=O) groups is 1. The van der Waals surface area contributed by atoms with Crippen molar-refractivity contribution in [3.8, 4) is 11.5 Å². The Kier molecular flexibility index (Phi) is 5.11. The Balaban J connectivity index is 1.63. The summed E-state index contributed by atoms with van der Waals surface area (Å²) in [7, 11) is 1.85. The average molecular weight is 365 g/mol. The number of carbonyl (C=O) groups excluding carboxylic acids is 1. The van der Waals surface area contributed by atoms with E-state index >= 15 is 0 Å². The number of ether oxygens (including phenoxy) is 2. The SMILES string of the molecule is C[C@@H](C(=O)Nc1ccc(F)cc1Cl)N(C)Cc1ccc2c(c1)OCO2. The van der Waals surface area contributed by atoms with Crippen LogP contribution in [0, 0.1) is 5.82 Å². The second kappa shape index (κ2) is 7.29. The van der Waals surface area contributed by atoms with Crippen LogP contribution in [0.2, 0.25) is 5.02 Å². The van der Waals surface area contributed by atoms with Gasteiger partial charge in [-0.15, -0.1) is 0 Å². The van der Waals surface area contributed by atoms with Crippen molar-refractivity contribution in [1.82, 2.24) is 4.90 Å². The number of amides is 1. The molecule has 25 heavy (non-hydrogen) atoms. The summed E-state index contributed by atoms with van der Waals surface area (Å²) in [6.45, 7) is 2.58. The van der Waals surface area contributed by atoms with Crippen LogP contribution in [0.1, 0.15) is 12.5 Å². The Morgan fingerprint density at radius 2 is 2.04 bits per heavy atom. The molecule has 0 aromatic heterocycles. The Hall–Kier alpha value is -2.31. The van der Waals surface area contributed by atoms with Crippen molar-refractivity contribution in [2.75, 3.05) is 19.2 Å². The topological polar surface area (TPSA) is 50.8 Å². The molecular weight excluding hydrogens is 347 g/mol. The fourth-order valence-electron chi connectivity index (χ4n) is 2.49. The number of likely N-dealkylation sites (N-methyl/N-ethyl adjacent to an activating group) is 1. The lowest BCUT2D eigenvalue weighted by Crippen LogP contribution is -2.39. The Morgan fingerprint density at radius 1 is 1.28 bits per heavy atom. The van der Waals surface area contributed by atoms with E-state index in [1.807, 2.05) is 30.1 Å². The van der Waals surface area contributed by atoms with Crippen LogP contribution in [-0.4, -0.2) is 30.7 Å². The summed E-state index contributed by atoms with van der Waals surface area (Å²) in [5.74, 6) is 0.761. The van der Waals surface area contributed by atoms with E-state index in [2.05, 4.69) is 5.32 Å². The summed E-state index contributed by atoms with van der Waals surface area (Å²) < 4.78 is 23.7. The zero-order valence-corrected chi connectivity index (χ0v) is 14.6. The van der Waals surface area contributed by atoms with Gasteiger partial charge < -0.3 is 14.8 Å². The van der Waals surface area contributed by atoms with Gasteiger partial charge >= 0.3 is 0 Å². The highest BCUT2D eigenvalue weighted by Crippen LogP contribution is 2.32. The first-order chi connectivity index (χ1) is 11.9. The van der Waals surface area contributed by atoms with Crippen molar-refractivity contribution in [3.05, 3.63) is 52.8 Å². The van der Waals surface area contributed by atoms with Crippen LogP contribution in [0.25, 0.3) is 0 Å². The first-order valence-corrected chi connectivity index (χ1v) is 8.16. The monoisotopic (exact) mass is 364 g/mol. The van der Waals surface area contributed by atoms with Crippen LogP contribution in [0.4, 0.5) is 10.1 Å². The van der Waals surface area contributed by atoms with Crippen molar-refractivity contribution < 1.29 is 18.7 Å². The quantitative estimate of drug-likeness (QED) is 0.879. The number of anilines is 1. The Bertz CT molecular complexity index is 800. The van der Waals surface area contributed by atoms with E-state index in [1.54, 1.807) is 6.92 Å². The van der Waals surface area contributed by atoms with Gasteiger partial charge in [-0.1, -0.05) is 17.7 Å². The molecule has 0 unspecified atom stereocenters. The molecule has 0 fully saturated rings. The minimum absolute atomic E-state index is 0.166. The predicted octanol–water partition coefficient (Wildman–Crippen LogP) is 3.67. The molecule has 2 aromatic carbocycles. The predicted molar refractivity (Wildman–Crippen MR) is 93.5 cm³/mol. The van der Waals surface area contributed by atoms with Gasteiger partial charge in [0.05, 0.1) is 16.8 Å². The third-order valence-electron chi connectivity index (χ3n) is 4.10. The number of nitrogens with one attached hydrogen (secondary N) is 1. The molecule has 0 bridgehead atoms. The fraction of sp³-hybridized carbons (Fsp3) is 0.278. The maximum absolute atomic E-state index is 13.1. The van der Waals surface area contributed by atoms with Crippen molar-refractivity contribution in [3.63, 3.8) is 0 Å². The maximum Gasteiger partial charge on any atom is 0.241 e. The van der Waals surface area contributed by atoms with Crippen molar-refractivity contribution in [2.24, 2.45) is 0 Å². The number of halogens is 2. The lowest BCUT2D eigenvalue weighted by atomic mass is 10.1. The van der Waals surface area contributed by atoms with E-state index in [1.165, 1.54) is 12.1 Å². The van der Waals surface area contributed by atoms with Gasteiger partial charge in [0.15, 0.2) is 11.5 Å². The van der Waals surface area contributed by atoms with Gasteiger partial charge in [-0.05, 0) is 49.9 Å². The van der Waals surface area contributed by atoms with E-state index in [-0.39, 0.29) is 17.7 Å². The van der Waals surface area contributed by atoms with Crippen LogP contribution in [0.3, 0.4) is 0 Å². The zero-order valence-electron chi connectivity index (χ0n) is 13.9. The van der Waals surface area contributed by atoms with Crippen molar-refractivity contribution >= 4 is 23.2 Å². The van der Waals surface area contributed by atoms with E-state index in [0.29, 0.717) is 18.0 Å². The molecule has 7 heteroatoms. The minimum Gasteiger partial charge on any atom is -0.454 e. The van der Waals surface area contributed by atoms with Gasteiger partial charge in [-0.2, -0.15) is 0 Å². The largest absolute Gasteiger partial charge is 0.454 e. The van der Waals surface area contributed by atoms with E-state index in [0.717, 1.165) is 17.4 Å². The summed E-state index contributed by atoms with van der Waals surface area (Å²) in [5.41, 5.74) is 1.39. The summed E-state index contributed by atoms with van der Waals surface area (Å²) in [6.07, 6.45) is 0. The molecule has 1 amide bonds. The molecule has 1 heterocycles. The Labute approximate surface area is 150 Å². The molecule has 1 atom stereocenters. The third kappa shape index (κ3) is 4.03. The molecule has 1 N–H and O–H groups in total. The summed E-state index contributed by atoms with van der Waals surface area (Å²) >= 11 is 5.95. The number of rotatable bonds is 5. The average Bonchev–Trinajstić information content (AvgIpc) is 3.04. The van der Waals surface area contributed by atoms with Gasteiger partial charge in [-0.25, -0.2) is 4.39 Å². The standard InChI is InChI=1S/C18H18ClFN2O3/c1-11(18(23)21-15-5-4-13(20)8-14(15)19)22(2)9-12-3-6-16-17(7-12)25-10-24-16/h3-8,11H,9-10H2,1-2H3,(H,21,23)/t11-/m0/s1. The van der Waals surface area contributed by atoms with Gasteiger partial charge in [0.25, 0.3) is 0 Å². The first-order valence-electron chi connectivity index (χ1n) is 7.78. The minimum atomic E-state index is -0.448. The lowest BCUT2D eigenvalue weighted by Gasteiger charge is -2.24. The first kappa shape index (κ1) is 17.5. The normalized spacial score (nSPS) is 13.8. The summed E-state index contributed by atoms with van der Waals surface area (Å²) in [6, 6.07) is 9.15. The van der Waals surface area contributed by atoms with Gasteiger partial charge in [0.2, 0.25) is 12.7 Å². The molecule has 1 aliphatic rings. The number of fused-ring (bicyclic) bond motifs is 1. The maximum atomic E-state index is 13.1. The molecule has 2 aromatic rings. The van der Waals surface area contributed by atoms with Gasteiger partial charge in [0.1, 0.15) is 5.82 Å². The summed E-state index contributed by atoms with van der Waals surface area (Å²) in [5, 5.41) is 2.89. The summed E-state index contributed by atoms with van der Waals surface area (Å²) in [4.78, 5) is 14.3. The second-order valence-electron chi connectivity index (χ2n) is 5.89. The molecule has 0 spiro atoms. The molecule has 0 saturated heterocycles. The van der Waals surface area contributed by atoms with Crippen molar-refractivity contribution in [2.45, 2.75) is 19.5 Å². The highest BCUT2D eigenvalue weighted by molar-refractivity contribution is 6.33. The second-order valence-corrected chi connectivity index (χ2v) is 6.30. The van der Waals surface area contributed by atoms with Crippen LogP contribution in [-0.2, 0) is 11.3 Å². The van der Waals surface area contributed by atoms with Crippen molar-refractivity contribution in [1.29, 1.82) is 0 Å². The molecule has 0 saturated carbocycles. The van der Waals surface area contributed by atoms with E-state index in [9.17, 15) is 9.18 Å². The number of nitrogens with zero attached hydrogens (tertiary/aromatic N) is 1. The number of hydrogen-bond donors (Lipinski definition) is 1. The molecule has 132 valence electrons. The molecule has 5 nitrogen and oxygen atoms in total. The van der Waals surface area contributed by atoms with Gasteiger partial charge in [-0.3, -0.25) is 9.69 Å². The molecule has 1 aliphatic heterocycles. The molecule has 0 aliphatic carbocycles. The third-order valence-corrected chi connectivity index (χ3v) is 4.41. The number of hydrogen-bond acceptors (Lipinski definition) is 4. The van der Waals surface area contributed by atoms with E-state index in [4.69, 9.17) is 21.1 Å². The van der Waals surface area contributed by atoms with Crippen LogP contribution >= 0.6 is 11.6 Å². The fourth-order valence-corrected chi connectivity index (χ4v) is 2.71.